The highest BCUT2D eigenvalue weighted by atomic mass is 32.1. The van der Waals surface area contributed by atoms with E-state index in [1.807, 2.05) is 25.1 Å². The molecule has 1 atom stereocenters. The summed E-state index contributed by atoms with van der Waals surface area (Å²) in [5, 5.41) is 1.44. The molecule has 0 bridgehead atoms. The molecular weight excluding hydrogens is 309 g/mol. The van der Waals surface area contributed by atoms with E-state index in [2.05, 4.69) is 0 Å². The highest BCUT2D eigenvalue weighted by molar-refractivity contribution is 7.25. The van der Waals surface area contributed by atoms with Crippen LogP contribution in [-0.2, 0) is 11.0 Å². The first kappa shape index (κ1) is 15.0. The smallest absolute Gasteiger partial charge is 0.303 e. The van der Waals surface area contributed by atoms with Gasteiger partial charge in [0.1, 0.15) is 6.29 Å². The zero-order valence-electron chi connectivity index (χ0n) is 11.8. The minimum atomic E-state index is -4.34. The Morgan fingerprint density at radius 3 is 2.36 bits per heavy atom. The molecule has 0 spiro atoms. The lowest BCUT2D eigenvalue weighted by Gasteiger charge is -2.08. The van der Waals surface area contributed by atoms with Gasteiger partial charge in [0.15, 0.2) is 0 Å². The molecule has 3 aromatic rings. The maximum absolute atomic E-state index is 12.9. The molecule has 0 aliphatic heterocycles. The van der Waals surface area contributed by atoms with E-state index in [0.29, 0.717) is 11.8 Å². The summed E-state index contributed by atoms with van der Waals surface area (Å²) in [5.41, 5.74) is 0.336. The van der Waals surface area contributed by atoms with Gasteiger partial charge in [-0.1, -0.05) is 13.0 Å². The van der Waals surface area contributed by atoms with Crippen molar-refractivity contribution in [2.75, 3.05) is 0 Å². The third-order valence-electron chi connectivity index (χ3n) is 3.84. The first-order valence-corrected chi connectivity index (χ1v) is 7.69. The number of benzene rings is 2. The number of halogens is 3. The van der Waals surface area contributed by atoms with Gasteiger partial charge in [-0.2, -0.15) is 13.2 Å². The molecule has 0 N–H and O–H groups in total. The largest absolute Gasteiger partial charge is 0.416 e. The van der Waals surface area contributed by atoms with E-state index in [-0.39, 0.29) is 5.92 Å². The molecule has 3 rings (SSSR count). The molecule has 1 nitrogen and oxygen atoms in total. The van der Waals surface area contributed by atoms with Gasteiger partial charge in [-0.15, -0.1) is 11.3 Å². The van der Waals surface area contributed by atoms with E-state index >= 15 is 0 Å². The van der Waals surface area contributed by atoms with Crippen molar-refractivity contribution < 1.29 is 18.0 Å². The van der Waals surface area contributed by atoms with E-state index in [9.17, 15) is 18.0 Å². The fraction of sp³-hybridized carbons (Fsp3) is 0.235. The quantitative estimate of drug-likeness (QED) is 0.560. The molecule has 2 aromatic carbocycles. The molecule has 114 valence electrons. The normalized spacial score (nSPS) is 13.6. The van der Waals surface area contributed by atoms with Gasteiger partial charge in [0, 0.05) is 26.6 Å². The Hall–Kier alpha value is -1.88. The Morgan fingerprint density at radius 2 is 1.73 bits per heavy atom. The van der Waals surface area contributed by atoms with Crippen LogP contribution in [-0.4, -0.2) is 6.29 Å². The van der Waals surface area contributed by atoms with Crippen molar-refractivity contribution in [1.82, 2.24) is 0 Å². The molecule has 0 aliphatic carbocycles. The Labute approximate surface area is 129 Å². The van der Waals surface area contributed by atoms with Gasteiger partial charge in [0.2, 0.25) is 0 Å². The van der Waals surface area contributed by atoms with Gasteiger partial charge >= 0.3 is 6.18 Å². The topological polar surface area (TPSA) is 17.1 Å². The summed E-state index contributed by atoms with van der Waals surface area (Å²) in [5.74, 6) is 0.0580. The molecule has 22 heavy (non-hydrogen) atoms. The molecule has 0 saturated carbocycles. The van der Waals surface area contributed by atoms with Crippen LogP contribution >= 0.6 is 11.3 Å². The number of fused-ring (bicyclic) bond motifs is 3. The zero-order chi connectivity index (χ0) is 15.9. The van der Waals surface area contributed by atoms with Crippen LogP contribution in [0.3, 0.4) is 0 Å². The minimum absolute atomic E-state index is 0.0580. The number of hydrogen-bond acceptors (Lipinski definition) is 2. The maximum Gasteiger partial charge on any atom is 0.416 e. The van der Waals surface area contributed by atoms with Gasteiger partial charge in [-0.25, -0.2) is 0 Å². The summed E-state index contributed by atoms with van der Waals surface area (Å²) in [6.45, 7) is 1.94. The fourth-order valence-electron chi connectivity index (χ4n) is 2.56. The second-order valence-electron chi connectivity index (χ2n) is 5.37. The van der Waals surface area contributed by atoms with Crippen molar-refractivity contribution in [3.8, 4) is 0 Å². The van der Waals surface area contributed by atoms with Crippen molar-refractivity contribution in [3.63, 3.8) is 0 Å². The highest BCUT2D eigenvalue weighted by Gasteiger charge is 2.30. The summed E-state index contributed by atoms with van der Waals surface area (Å²) >= 11 is 1.48. The lowest BCUT2D eigenvalue weighted by molar-refractivity contribution is -0.137. The van der Waals surface area contributed by atoms with Crippen LogP contribution in [0.4, 0.5) is 13.2 Å². The monoisotopic (exact) mass is 322 g/mol. The lowest BCUT2D eigenvalue weighted by Crippen LogP contribution is -2.03. The Bertz CT molecular complexity index is 848. The number of rotatable bonds is 3. The summed E-state index contributed by atoms with van der Waals surface area (Å²) in [7, 11) is 0. The van der Waals surface area contributed by atoms with Crippen molar-refractivity contribution in [2.45, 2.75) is 25.4 Å². The summed E-state index contributed by atoms with van der Waals surface area (Å²) in [6, 6.07) is 9.62. The number of hydrogen-bond donors (Lipinski definition) is 0. The van der Waals surface area contributed by atoms with Gasteiger partial charge in [-0.05, 0) is 41.8 Å². The van der Waals surface area contributed by atoms with E-state index in [0.717, 1.165) is 32.7 Å². The van der Waals surface area contributed by atoms with Gasteiger partial charge in [-0.3, -0.25) is 0 Å². The summed E-state index contributed by atoms with van der Waals surface area (Å²) < 4.78 is 40.5. The standard InChI is InChI=1S/C17H13F3OS/c1-10(6-7-21)11-2-4-15-13(8-11)14-9-12(17(18,19)20)3-5-16(14)22-15/h2-5,7-10H,6H2,1H3. The third kappa shape index (κ3) is 2.61. The Balaban J connectivity index is 2.20. The summed E-state index contributed by atoms with van der Waals surface area (Å²) in [6.07, 6.45) is -3.07. The van der Waals surface area contributed by atoms with E-state index in [1.54, 1.807) is 0 Å². The predicted octanol–water partition coefficient (Wildman–Crippen LogP) is 5.77. The molecule has 5 heteroatoms. The fourth-order valence-corrected chi connectivity index (χ4v) is 3.63. The number of alkyl halides is 3. The molecular formula is C17H13F3OS. The number of carbonyl (C=O) groups excluding carboxylic acids is 1. The van der Waals surface area contributed by atoms with E-state index in [4.69, 9.17) is 0 Å². The third-order valence-corrected chi connectivity index (χ3v) is 4.99. The zero-order valence-corrected chi connectivity index (χ0v) is 12.6. The van der Waals surface area contributed by atoms with Gasteiger partial charge in [0.25, 0.3) is 0 Å². The highest BCUT2D eigenvalue weighted by Crippen LogP contribution is 2.39. The predicted molar refractivity (Wildman–Crippen MR) is 83.4 cm³/mol. The van der Waals surface area contributed by atoms with Crippen LogP contribution in [0.25, 0.3) is 20.2 Å². The molecule has 1 unspecified atom stereocenters. The molecule has 1 heterocycles. The second-order valence-corrected chi connectivity index (χ2v) is 6.45. The Kier molecular flexibility index (Phi) is 3.68. The number of carbonyl (C=O) groups is 1. The Morgan fingerprint density at radius 1 is 1.09 bits per heavy atom. The maximum atomic E-state index is 12.9. The first-order chi connectivity index (χ1) is 10.4. The minimum Gasteiger partial charge on any atom is -0.303 e. The van der Waals surface area contributed by atoms with Crippen LogP contribution in [0, 0.1) is 0 Å². The molecule has 0 aliphatic rings. The van der Waals surface area contributed by atoms with Crippen LogP contribution in [0.5, 0.6) is 0 Å². The van der Waals surface area contributed by atoms with Crippen molar-refractivity contribution in [1.29, 1.82) is 0 Å². The average molecular weight is 322 g/mol. The van der Waals surface area contributed by atoms with Gasteiger partial charge in [0.05, 0.1) is 5.56 Å². The molecule has 0 fully saturated rings. The molecule has 0 radical (unpaired) electrons. The van der Waals surface area contributed by atoms with Crippen LogP contribution in [0.15, 0.2) is 36.4 Å². The first-order valence-electron chi connectivity index (χ1n) is 6.87. The van der Waals surface area contributed by atoms with Gasteiger partial charge < -0.3 is 4.79 Å². The number of thiophene rings is 1. The van der Waals surface area contributed by atoms with E-state index < -0.39 is 11.7 Å². The SMILES string of the molecule is CC(CC=O)c1ccc2sc3ccc(C(F)(F)F)cc3c2c1. The van der Waals surface area contributed by atoms with Crippen molar-refractivity contribution in [3.05, 3.63) is 47.5 Å². The average Bonchev–Trinajstić information content (AvgIpc) is 2.83. The van der Waals surface area contributed by atoms with Crippen LogP contribution in [0.1, 0.15) is 30.4 Å². The van der Waals surface area contributed by atoms with E-state index in [1.165, 1.54) is 23.5 Å². The lowest BCUT2D eigenvalue weighted by atomic mass is 9.96. The second kappa shape index (κ2) is 5.39. The summed E-state index contributed by atoms with van der Waals surface area (Å²) in [4.78, 5) is 10.6. The molecule has 0 amide bonds. The molecule has 1 aromatic heterocycles. The van der Waals surface area contributed by atoms with Crippen LogP contribution in [0.2, 0.25) is 0 Å². The van der Waals surface area contributed by atoms with Crippen molar-refractivity contribution >= 4 is 37.8 Å². The van der Waals surface area contributed by atoms with Crippen molar-refractivity contribution in [2.24, 2.45) is 0 Å². The van der Waals surface area contributed by atoms with Crippen LogP contribution < -0.4 is 0 Å². The number of aldehydes is 1. The molecule has 0 saturated heterocycles.